The second-order valence-corrected chi connectivity index (χ2v) is 6.48. The molecule has 0 radical (unpaired) electrons. The smallest absolute Gasteiger partial charge is 0.191 e. The molecule has 5 heteroatoms. The van der Waals surface area contributed by atoms with E-state index in [0.29, 0.717) is 0 Å². The van der Waals surface area contributed by atoms with Gasteiger partial charge in [0.25, 0.3) is 0 Å². The standard InChI is InChI=1S/C22H28N4.HI/c1-23-22(24-15-7-10-19-8-3-2-4-9-19)25-18-20-11-13-21(14-12-20)26-16-5-6-17-26;/h2-6,8-9,11-14H,7,10,15-18H2,1H3,(H2,23,24,25);1H. The van der Waals surface area contributed by atoms with Crippen LogP contribution in [0.3, 0.4) is 0 Å². The van der Waals surface area contributed by atoms with Gasteiger partial charge in [0.1, 0.15) is 0 Å². The Bertz CT molecular complexity index is 718. The van der Waals surface area contributed by atoms with Crippen LogP contribution in [0.4, 0.5) is 5.69 Å². The third-order valence-electron chi connectivity index (χ3n) is 4.58. The second-order valence-electron chi connectivity index (χ2n) is 6.48. The summed E-state index contributed by atoms with van der Waals surface area (Å²) in [4.78, 5) is 6.66. The number of hydrogen-bond donors (Lipinski definition) is 2. The lowest BCUT2D eigenvalue weighted by Crippen LogP contribution is -2.37. The molecular formula is C22H29IN4. The van der Waals surface area contributed by atoms with Crippen molar-refractivity contribution in [3.05, 3.63) is 77.9 Å². The molecule has 4 nitrogen and oxygen atoms in total. The third kappa shape index (κ3) is 6.90. The summed E-state index contributed by atoms with van der Waals surface area (Å²) in [5, 5.41) is 6.77. The number of nitrogens with zero attached hydrogens (tertiary/aromatic N) is 2. The number of nitrogens with one attached hydrogen (secondary N) is 2. The minimum atomic E-state index is 0. The molecule has 2 N–H and O–H groups in total. The lowest BCUT2D eigenvalue weighted by molar-refractivity contribution is 0.742. The van der Waals surface area contributed by atoms with Crippen molar-refractivity contribution in [1.82, 2.24) is 10.6 Å². The van der Waals surface area contributed by atoms with Gasteiger partial charge in [-0.3, -0.25) is 4.99 Å². The second kappa shape index (κ2) is 11.6. The van der Waals surface area contributed by atoms with E-state index in [1.807, 2.05) is 7.05 Å². The largest absolute Gasteiger partial charge is 0.364 e. The van der Waals surface area contributed by atoms with Gasteiger partial charge in [-0.15, -0.1) is 24.0 Å². The average molecular weight is 476 g/mol. The predicted octanol–water partition coefficient (Wildman–Crippen LogP) is 3.98. The predicted molar refractivity (Wildman–Crippen MR) is 126 cm³/mol. The lowest BCUT2D eigenvalue weighted by atomic mass is 10.1. The van der Waals surface area contributed by atoms with Crippen molar-refractivity contribution in [1.29, 1.82) is 0 Å². The molecular weight excluding hydrogens is 447 g/mol. The number of halogens is 1. The van der Waals surface area contributed by atoms with E-state index >= 15 is 0 Å². The summed E-state index contributed by atoms with van der Waals surface area (Å²) in [7, 11) is 1.82. The molecule has 1 heterocycles. The van der Waals surface area contributed by atoms with Gasteiger partial charge in [-0.05, 0) is 36.1 Å². The fourth-order valence-electron chi connectivity index (χ4n) is 3.06. The first-order valence-corrected chi connectivity index (χ1v) is 9.32. The molecule has 0 saturated heterocycles. The highest BCUT2D eigenvalue weighted by Gasteiger charge is 2.07. The van der Waals surface area contributed by atoms with Gasteiger partial charge in [-0.1, -0.05) is 54.6 Å². The molecule has 2 aromatic carbocycles. The minimum absolute atomic E-state index is 0. The fraction of sp³-hybridized carbons (Fsp3) is 0.318. The van der Waals surface area contributed by atoms with Crippen LogP contribution in [-0.2, 0) is 13.0 Å². The van der Waals surface area contributed by atoms with Crippen LogP contribution in [0.1, 0.15) is 17.5 Å². The zero-order valence-electron chi connectivity index (χ0n) is 15.9. The number of aliphatic imine (C=N–C) groups is 1. The number of rotatable bonds is 7. The summed E-state index contributed by atoms with van der Waals surface area (Å²) in [6, 6.07) is 19.3. The molecule has 1 aliphatic heterocycles. The highest BCUT2D eigenvalue weighted by Crippen LogP contribution is 2.17. The van der Waals surface area contributed by atoms with Gasteiger partial charge in [0.2, 0.25) is 0 Å². The third-order valence-corrected chi connectivity index (χ3v) is 4.58. The van der Waals surface area contributed by atoms with Crippen LogP contribution < -0.4 is 15.5 Å². The highest BCUT2D eigenvalue weighted by molar-refractivity contribution is 14.0. The molecule has 144 valence electrons. The van der Waals surface area contributed by atoms with Crippen LogP contribution in [0, 0.1) is 0 Å². The maximum absolute atomic E-state index is 4.31. The first kappa shape index (κ1) is 21.3. The Morgan fingerprint density at radius 2 is 1.63 bits per heavy atom. The van der Waals surface area contributed by atoms with Crippen LogP contribution in [0.15, 0.2) is 71.7 Å². The number of anilines is 1. The van der Waals surface area contributed by atoms with E-state index in [0.717, 1.165) is 45.0 Å². The molecule has 0 saturated carbocycles. The first-order valence-electron chi connectivity index (χ1n) is 9.32. The van der Waals surface area contributed by atoms with Crippen molar-refractivity contribution in [2.45, 2.75) is 19.4 Å². The molecule has 0 spiro atoms. The van der Waals surface area contributed by atoms with Crippen LogP contribution >= 0.6 is 24.0 Å². The van der Waals surface area contributed by atoms with Gasteiger partial charge in [0.05, 0.1) is 0 Å². The number of guanidine groups is 1. The normalized spacial score (nSPS) is 13.4. The monoisotopic (exact) mass is 476 g/mol. The van der Waals surface area contributed by atoms with Gasteiger partial charge in [-0.2, -0.15) is 0 Å². The van der Waals surface area contributed by atoms with Crippen molar-refractivity contribution < 1.29 is 0 Å². The highest BCUT2D eigenvalue weighted by atomic mass is 127. The van der Waals surface area contributed by atoms with Gasteiger partial charge in [0.15, 0.2) is 5.96 Å². The molecule has 0 aromatic heterocycles. The molecule has 27 heavy (non-hydrogen) atoms. The molecule has 0 bridgehead atoms. The van der Waals surface area contributed by atoms with Crippen LogP contribution in [0.2, 0.25) is 0 Å². The van der Waals surface area contributed by atoms with E-state index in [1.54, 1.807) is 0 Å². The minimum Gasteiger partial charge on any atom is -0.364 e. The molecule has 1 aliphatic rings. The van der Waals surface area contributed by atoms with Gasteiger partial charge < -0.3 is 15.5 Å². The Labute approximate surface area is 179 Å². The zero-order chi connectivity index (χ0) is 18.0. The molecule has 3 rings (SSSR count). The van der Waals surface area contributed by atoms with Crippen LogP contribution in [-0.4, -0.2) is 32.6 Å². The summed E-state index contributed by atoms with van der Waals surface area (Å²) in [5.74, 6) is 0.853. The number of aryl methyl sites for hydroxylation is 1. The molecule has 0 amide bonds. The van der Waals surface area contributed by atoms with Crippen molar-refractivity contribution in [2.24, 2.45) is 4.99 Å². The van der Waals surface area contributed by atoms with Crippen molar-refractivity contribution >= 4 is 35.6 Å². The lowest BCUT2D eigenvalue weighted by Gasteiger charge is -2.18. The van der Waals surface area contributed by atoms with Crippen LogP contribution in [0.25, 0.3) is 0 Å². The number of hydrogen-bond acceptors (Lipinski definition) is 2. The quantitative estimate of drug-likeness (QED) is 0.209. The van der Waals surface area contributed by atoms with Crippen molar-refractivity contribution in [3.63, 3.8) is 0 Å². The Kier molecular flexibility index (Phi) is 9.18. The summed E-state index contributed by atoms with van der Waals surface area (Å²) in [6.45, 7) is 3.71. The van der Waals surface area contributed by atoms with E-state index in [9.17, 15) is 0 Å². The maximum Gasteiger partial charge on any atom is 0.191 e. The molecule has 0 aliphatic carbocycles. The van der Waals surface area contributed by atoms with E-state index < -0.39 is 0 Å². The van der Waals surface area contributed by atoms with E-state index in [1.165, 1.54) is 16.8 Å². The average Bonchev–Trinajstić information content (AvgIpc) is 3.23. The summed E-state index contributed by atoms with van der Waals surface area (Å²) < 4.78 is 0. The summed E-state index contributed by atoms with van der Waals surface area (Å²) in [5.41, 5.74) is 3.92. The fourth-order valence-corrected chi connectivity index (χ4v) is 3.06. The van der Waals surface area contributed by atoms with Gasteiger partial charge in [-0.25, -0.2) is 0 Å². The van der Waals surface area contributed by atoms with E-state index in [4.69, 9.17) is 0 Å². The Hall–Kier alpha value is -2.02. The first-order chi connectivity index (χ1) is 12.8. The maximum atomic E-state index is 4.31. The summed E-state index contributed by atoms with van der Waals surface area (Å²) >= 11 is 0. The van der Waals surface area contributed by atoms with Crippen molar-refractivity contribution in [2.75, 3.05) is 31.6 Å². The SMILES string of the molecule is CN=C(NCCCc1ccccc1)NCc1ccc(N2CC=CC2)cc1.I. The Morgan fingerprint density at radius 1 is 0.926 bits per heavy atom. The molecule has 0 unspecified atom stereocenters. The topological polar surface area (TPSA) is 39.7 Å². The van der Waals surface area contributed by atoms with Gasteiger partial charge >= 0.3 is 0 Å². The molecule has 0 fully saturated rings. The molecule has 2 aromatic rings. The van der Waals surface area contributed by atoms with E-state index in [-0.39, 0.29) is 24.0 Å². The van der Waals surface area contributed by atoms with Gasteiger partial charge in [0, 0.05) is 38.9 Å². The van der Waals surface area contributed by atoms with Crippen LogP contribution in [0.5, 0.6) is 0 Å². The van der Waals surface area contributed by atoms with Crippen molar-refractivity contribution in [3.8, 4) is 0 Å². The Balaban J connectivity index is 0.00000261. The molecule has 0 atom stereocenters. The zero-order valence-corrected chi connectivity index (χ0v) is 18.2. The summed E-state index contributed by atoms with van der Waals surface area (Å²) in [6.07, 6.45) is 6.59. The van der Waals surface area contributed by atoms with E-state index in [2.05, 4.69) is 87.3 Å². The Morgan fingerprint density at radius 3 is 2.30 bits per heavy atom. The number of benzene rings is 2.